The van der Waals surface area contributed by atoms with Crippen molar-refractivity contribution < 1.29 is 9.59 Å². The van der Waals surface area contributed by atoms with Crippen LogP contribution in [0.15, 0.2) is 25.3 Å². The van der Waals surface area contributed by atoms with Crippen molar-refractivity contribution in [3.63, 3.8) is 0 Å². The molecule has 13 heavy (non-hydrogen) atoms. The summed E-state index contributed by atoms with van der Waals surface area (Å²) < 4.78 is 0. The van der Waals surface area contributed by atoms with E-state index in [0.717, 1.165) is 0 Å². The topological polar surface area (TPSA) is 58.2 Å². The Morgan fingerprint density at radius 3 is 1.77 bits per heavy atom. The minimum atomic E-state index is -0.144. The van der Waals surface area contributed by atoms with E-state index >= 15 is 0 Å². The van der Waals surface area contributed by atoms with Gasteiger partial charge in [0.25, 0.3) is 0 Å². The Kier molecular flexibility index (Phi) is 11.2. The lowest BCUT2D eigenvalue weighted by Gasteiger charge is -1.90. The molecular formula is C9H16N2O2. The van der Waals surface area contributed by atoms with Crippen LogP contribution in [0.5, 0.6) is 0 Å². The average Bonchev–Trinajstić information content (AvgIpc) is 2.18. The zero-order chi connectivity index (χ0) is 10.7. The Morgan fingerprint density at radius 1 is 1.23 bits per heavy atom. The SMILES string of the molecule is C=CC(=O)NC.C=CC(=O)NCC. The third-order valence-electron chi connectivity index (χ3n) is 0.968. The number of rotatable bonds is 3. The molecule has 0 spiro atoms. The number of nitrogens with one attached hydrogen (secondary N) is 2. The van der Waals surface area contributed by atoms with Gasteiger partial charge in [0.15, 0.2) is 0 Å². The molecule has 0 aromatic heterocycles. The lowest BCUT2D eigenvalue weighted by molar-refractivity contribution is -0.117. The fraction of sp³-hybridized carbons (Fsp3) is 0.333. The number of amides is 2. The molecule has 0 unspecified atom stereocenters. The summed E-state index contributed by atoms with van der Waals surface area (Å²) >= 11 is 0. The van der Waals surface area contributed by atoms with Gasteiger partial charge in [-0.1, -0.05) is 13.2 Å². The molecule has 0 radical (unpaired) electrons. The summed E-state index contributed by atoms with van der Waals surface area (Å²) in [7, 11) is 1.56. The van der Waals surface area contributed by atoms with Crippen LogP contribution in [0.1, 0.15) is 6.92 Å². The van der Waals surface area contributed by atoms with Crippen molar-refractivity contribution in [1.82, 2.24) is 10.6 Å². The minimum absolute atomic E-state index is 0.109. The standard InChI is InChI=1S/C5H9NO.C4H7NO/c1-3-5(7)6-4-2;1-3-4(6)5-2/h3H,1,4H2,2H3,(H,6,7);3H,1H2,2H3,(H,5,6). The maximum absolute atomic E-state index is 10.2. The number of hydrogen-bond acceptors (Lipinski definition) is 2. The first-order chi connectivity index (χ1) is 6.12. The van der Waals surface area contributed by atoms with E-state index in [9.17, 15) is 9.59 Å². The van der Waals surface area contributed by atoms with Crippen LogP contribution in [-0.4, -0.2) is 25.4 Å². The molecule has 2 N–H and O–H groups in total. The maximum atomic E-state index is 10.2. The summed E-state index contributed by atoms with van der Waals surface area (Å²) in [6.07, 6.45) is 2.48. The van der Waals surface area contributed by atoms with Gasteiger partial charge in [0.2, 0.25) is 11.8 Å². The van der Waals surface area contributed by atoms with Crippen molar-refractivity contribution >= 4 is 11.8 Å². The highest BCUT2D eigenvalue weighted by Crippen LogP contribution is 1.61. The number of hydrogen-bond donors (Lipinski definition) is 2. The molecule has 4 heteroatoms. The fourth-order valence-electron chi connectivity index (χ4n) is 0.348. The second kappa shape index (κ2) is 10.4. The van der Waals surface area contributed by atoms with Gasteiger partial charge in [0, 0.05) is 13.6 Å². The molecule has 0 heterocycles. The van der Waals surface area contributed by atoms with Crippen LogP contribution >= 0.6 is 0 Å². The molecule has 2 amide bonds. The molecule has 0 aliphatic rings. The molecule has 0 saturated heterocycles. The number of likely N-dealkylation sites (N-methyl/N-ethyl adjacent to an activating group) is 2. The monoisotopic (exact) mass is 184 g/mol. The van der Waals surface area contributed by atoms with Crippen molar-refractivity contribution in [1.29, 1.82) is 0 Å². The van der Waals surface area contributed by atoms with E-state index in [4.69, 9.17) is 0 Å². The third-order valence-corrected chi connectivity index (χ3v) is 0.968. The maximum Gasteiger partial charge on any atom is 0.243 e. The molecule has 4 nitrogen and oxygen atoms in total. The highest BCUT2D eigenvalue weighted by molar-refractivity contribution is 5.86. The predicted octanol–water partition coefficient (Wildman–Crippen LogP) is 0.227. The first kappa shape index (κ1) is 14.0. The largest absolute Gasteiger partial charge is 0.356 e. The Balaban J connectivity index is 0. The normalized spacial score (nSPS) is 7.23. The minimum Gasteiger partial charge on any atom is -0.356 e. The van der Waals surface area contributed by atoms with Gasteiger partial charge in [-0.15, -0.1) is 0 Å². The van der Waals surface area contributed by atoms with Gasteiger partial charge in [-0.25, -0.2) is 0 Å². The second-order valence-corrected chi connectivity index (χ2v) is 1.92. The van der Waals surface area contributed by atoms with Crippen molar-refractivity contribution in [2.75, 3.05) is 13.6 Å². The molecule has 0 fully saturated rings. The fourth-order valence-corrected chi connectivity index (χ4v) is 0.348. The van der Waals surface area contributed by atoms with Crippen LogP contribution in [0.25, 0.3) is 0 Å². The predicted molar refractivity (Wildman–Crippen MR) is 53.1 cm³/mol. The lowest BCUT2D eigenvalue weighted by Crippen LogP contribution is -2.19. The van der Waals surface area contributed by atoms with Gasteiger partial charge < -0.3 is 10.6 Å². The smallest absolute Gasteiger partial charge is 0.243 e. The van der Waals surface area contributed by atoms with Crippen molar-refractivity contribution in [2.45, 2.75) is 6.92 Å². The van der Waals surface area contributed by atoms with Gasteiger partial charge in [-0.2, -0.15) is 0 Å². The average molecular weight is 184 g/mol. The van der Waals surface area contributed by atoms with E-state index in [0.29, 0.717) is 6.54 Å². The Hall–Kier alpha value is -1.58. The van der Waals surface area contributed by atoms with E-state index < -0.39 is 0 Å². The van der Waals surface area contributed by atoms with Gasteiger partial charge in [-0.3, -0.25) is 9.59 Å². The molecule has 0 aliphatic carbocycles. The Labute approximate surface area is 78.7 Å². The summed E-state index contributed by atoms with van der Waals surface area (Å²) in [5.74, 6) is -0.252. The highest BCUT2D eigenvalue weighted by Gasteiger charge is 1.83. The van der Waals surface area contributed by atoms with Crippen molar-refractivity contribution in [3.8, 4) is 0 Å². The first-order valence-corrected chi connectivity index (χ1v) is 3.86. The van der Waals surface area contributed by atoms with Crippen molar-refractivity contribution in [3.05, 3.63) is 25.3 Å². The van der Waals surface area contributed by atoms with Gasteiger partial charge in [0.05, 0.1) is 0 Å². The third kappa shape index (κ3) is 13.4. The zero-order valence-electron chi connectivity index (χ0n) is 8.09. The van der Waals surface area contributed by atoms with E-state index in [1.807, 2.05) is 6.92 Å². The van der Waals surface area contributed by atoms with Crippen molar-refractivity contribution in [2.24, 2.45) is 0 Å². The summed E-state index contributed by atoms with van der Waals surface area (Å²) in [6, 6.07) is 0. The molecule has 74 valence electrons. The molecule has 0 atom stereocenters. The van der Waals surface area contributed by atoms with Crippen LogP contribution in [0, 0.1) is 0 Å². The Bertz CT molecular complexity index is 188. The second-order valence-electron chi connectivity index (χ2n) is 1.92. The summed E-state index contributed by atoms with van der Waals surface area (Å²) in [5.41, 5.74) is 0. The Morgan fingerprint density at radius 2 is 1.69 bits per heavy atom. The van der Waals surface area contributed by atoms with Crippen LogP contribution < -0.4 is 10.6 Å². The summed E-state index contributed by atoms with van der Waals surface area (Å²) in [6.45, 7) is 9.02. The first-order valence-electron chi connectivity index (χ1n) is 3.86. The van der Waals surface area contributed by atoms with E-state index in [2.05, 4.69) is 23.8 Å². The number of carbonyl (C=O) groups is 2. The van der Waals surface area contributed by atoms with Gasteiger partial charge >= 0.3 is 0 Å². The van der Waals surface area contributed by atoms with Gasteiger partial charge in [-0.05, 0) is 19.1 Å². The quantitative estimate of drug-likeness (QED) is 0.617. The van der Waals surface area contributed by atoms with E-state index in [-0.39, 0.29) is 11.8 Å². The summed E-state index contributed by atoms with van der Waals surface area (Å²) in [5, 5.41) is 4.90. The zero-order valence-corrected chi connectivity index (χ0v) is 8.09. The highest BCUT2D eigenvalue weighted by atomic mass is 16.2. The molecule has 0 aromatic rings. The molecule has 0 rings (SSSR count). The number of carbonyl (C=O) groups excluding carboxylic acids is 2. The van der Waals surface area contributed by atoms with Gasteiger partial charge in [0.1, 0.15) is 0 Å². The molecule has 0 bridgehead atoms. The van der Waals surface area contributed by atoms with E-state index in [1.165, 1.54) is 12.2 Å². The summed E-state index contributed by atoms with van der Waals surface area (Å²) in [4.78, 5) is 20.1. The molecule has 0 aromatic carbocycles. The van der Waals surface area contributed by atoms with Crippen LogP contribution in [0.2, 0.25) is 0 Å². The van der Waals surface area contributed by atoms with Crippen LogP contribution in [-0.2, 0) is 9.59 Å². The van der Waals surface area contributed by atoms with Crippen LogP contribution in [0.3, 0.4) is 0 Å². The lowest BCUT2D eigenvalue weighted by atomic mass is 10.6. The molecular weight excluding hydrogens is 168 g/mol. The molecule has 0 aliphatic heterocycles. The van der Waals surface area contributed by atoms with Crippen LogP contribution in [0.4, 0.5) is 0 Å². The molecule has 0 saturated carbocycles. The van der Waals surface area contributed by atoms with E-state index in [1.54, 1.807) is 7.05 Å².